The number of alkyl halides is 3. The van der Waals surface area contributed by atoms with Crippen molar-refractivity contribution >= 4 is 22.7 Å². The lowest BCUT2D eigenvalue weighted by molar-refractivity contribution is -0.141. The van der Waals surface area contributed by atoms with Crippen LogP contribution in [0.1, 0.15) is 17.0 Å². The third-order valence-corrected chi connectivity index (χ3v) is 4.47. The Morgan fingerprint density at radius 3 is 2.67 bits per heavy atom. The number of ether oxygens (including phenoxy) is 2. The molecule has 0 spiro atoms. The minimum Gasteiger partial charge on any atom is -0.496 e. The summed E-state index contributed by atoms with van der Waals surface area (Å²) in [4.78, 5) is 8.05. The molecule has 30 heavy (non-hydrogen) atoms. The number of nitrogens with zero attached hydrogens (tertiary/aromatic N) is 4. The second-order valence-corrected chi connectivity index (χ2v) is 6.64. The number of aromatic nitrogens is 4. The van der Waals surface area contributed by atoms with E-state index in [9.17, 15) is 13.2 Å². The number of hydrogen-bond donors (Lipinski definition) is 0. The Labute approximate surface area is 173 Å². The predicted molar refractivity (Wildman–Crippen MR) is 101 cm³/mol. The minimum atomic E-state index is -4.52. The maximum absolute atomic E-state index is 12.9. The smallest absolute Gasteiger partial charge is 0.435 e. The van der Waals surface area contributed by atoms with Crippen LogP contribution < -0.4 is 9.47 Å². The highest BCUT2D eigenvalue weighted by molar-refractivity contribution is 6.28. The average Bonchev–Trinajstić information content (AvgIpc) is 3.32. The van der Waals surface area contributed by atoms with E-state index < -0.39 is 11.9 Å². The monoisotopic (exact) mass is 438 g/mol. The first-order valence-corrected chi connectivity index (χ1v) is 8.99. The SMILES string of the molecule is COc1cc(-n2nc(C(F)(F)F)cc2C)ccc1COc1nc(Cl)nc2ccoc12. The number of furan rings is 1. The van der Waals surface area contributed by atoms with E-state index in [0.29, 0.717) is 33.8 Å². The van der Waals surface area contributed by atoms with Gasteiger partial charge in [0.15, 0.2) is 5.69 Å². The van der Waals surface area contributed by atoms with Crippen molar-refractivity contribution in [1.82, 2.24) is 19.7 Å². The van der Waals surface area contributed by atoms with Gasteiger partial charge in [-0.05, 0) is 36.7 Å². The molecule has 3 aromatic heterocycles. The van der Waals surface area contributed by atoms with Crippen LogP contribution in [0.15, 0.2) is 41.0 Å². The summed E-state index contributed by atoms with van der Waals surface area (Å²) in [5.74, 6) is 0.575. The highest BCUT2D eigenvalue weighted by Crippen LogP contribution is 2.31. The Hall–Kier alpha value is -3.27. The zero-order valence-electron chi connectivity index (χ0n) is 15.7. The van der Waals surface area contributed by atoms with Crippen LogP contribution in [0, 0.1) is 6.92 Å². The van der Waals surface area contributed by atoms with E-state index in [2.05, 4.69) is 15.1 Å². The molecule has 11 heteroatoms. The van der Waals surface area contributed by atoms with Crippen molar-refractivity contribution in [2.45, 2.75) is 19.7 Å². The molecule has 4 rings (SSSR count). The van der Waals surface area contributed by atoms with Crippen molar-refractivity contribution in [2.75, 3.05) is 7.11 Å². The van der Waals surface area contributed by atoms with E-state index in [1.807, 2.05) is 0 Å². The second kappa shape index (κ2) is 7.52. The number of benzene rings is 1. The van der Waals surface area contributed by atoms with Crippen LogP contribution in [0.3, 0.4) is 0 Å². The summed E-state index contributed by atoms with van der Waals surface area (Å²) in [7, 11) is 1.45. The highest BCUT2D eigenvalue weighted by Gasteiger charge is 2.34. The Bertz CT molecular complexity index is 1220. The quantitative estimate of drug-likeness (QED) is 0.409. The van der Waals surface area contributed by atoms with Crippen molar-refractivity contribution in [1.29, 1.82) is 0 Å². The molecule has 0 saturated heterocycles. The summed E-state index contributed by atoms with van der Waals surface area (Å²) in [6.07, 6.45) is -3.08. The molecule has 0 N–H and O–H groups in total. The van der Waals surface area contributed by atoms with Crippen molar-refractivity contribution in [3.05, 3.63) is 58.8 Å². The van der Waals surface area contributed by atoms with Crippen LogP contribution in [0.5, 0.6) is 11.6 Å². The lowest BCUT2D eigenvalue weighted by Crippen LogP contribution is -2.08. The van der Waals surface area contributed by atoms with Gasteiger partial charge in [0.05, 0.1) is 19.1 Å². The molecule has 0 fully saturated rings. The molecule has 0 amide bonds. The highest BCUT2D eigenvalue weighted by atomic mass is 35.5. The third kappa shape index (κ3) is 3.78. The van der Waals surface area contributed by atoms with Crippen LogP contribution in [-0.4, -0.2) is 26.9 Å². The topological polar surface area (TPSA) is 75.2 Å². The maximum Gasteiger partial charge on any atom is 0.435 e. The molecule has 0 saturated carbocycles. The first-order chi connectivity index (χ1) is 14.3. The summed E-state index contributed by atoms with van der Waals surface area (Å²) >= 11 is 5.90. The fourth-order valence-electron chi connectivity index (χ4n) is 2.91. The largest absolute Gasteiger partial charge is 0.496 e. The van der Waals surface area contributed by atoms with E-state index in [1.165, 1.54) is 18.1 Å². The molecule has 0 radical (unpaired) electrons. The maximum atomic E-state index is 12.9. The normalized spacial score (nSPS) is 11.8. The van der Waals surface area contributed by atoms with E-state index in [0.717, 1.165) is 6.07 Å². The molecular weight excluding hydrogens is 425 g/mol. The van der Waals surface area contributed by atoms with Crippen LogP contribution in [0.25, 0.3) is 16.8 Å². The number of rotatable bonds is 5. The molecule has 0 bridgehead atoms. The van der Waals surface area contributed by atoms with Gasteiger partial charge in [0, 0.05) is 23.4 Å². The van der Waals surface area contributed by atoms with E-state index in [4.69, 9.17) is 25.5 Å². The van der Waals surface area contributed by atoms with Gasteiger partial charge in [0.1, 0.15) is 17.9 Å². The van der Waals surface area contributed by atoms with E-state index in [-0.39, 0.29) is 17.8 Å². The lowest BCUT2D eigenvalue weighted by Gasteiger charge is -2.12. The van der Waals surface area contributed by atoms with Gasteiger partial charge >= 0.3 is 6.18 Å². The Morgan fingerprint density at radius 1 is 1.17 bits per heavy atom. The zero-order chi connectivity index (χ0) is 21.5. The molecule has 0 aliphatic heterocycles. The van der Waals surface area contributed by atoms with Gasteiger partial charge in [0.25, 0.3) is 5.88 Å². The molecule has 7 nitrogen and oxygen atoms in total. The molecule has 1 aromatic carbocycles. The van der Waals surface area contributed by atoms with Crippen molar-refractivity contribution in [3.63, 3.8) is 0 Å². The van der Waals surface area contributed by atoms with Crippen molar-refractivity contribution < 1.29 is 27.1 Å². The zero-order valence-corrected chi connectivity index (χ0v) is 16.5. The number of methoxy groups -OCH3 is 1. The molecule has 0 aliphatic rings. The Balaban J connectivity index is 1.62. The fraction of sp³-hybridized carbons (Fsp3) is 0.211. The van der Waals surface area contributed by atoms with Gasteiger partial charge in [-0.1, -0.05) is 0 Å². The second-order valence-electron chi connectivity index (χ2n) is 6.30. The van der Waals surface area contributed by atoms with Gasteiger partial charge in [0.2, 0.25) is 10.9 Å². The molecule has 4 aromatic rings. The van der Waals surface area contributed by atoms with E-state index in [1.54, 1.807) is 31.2 Å². The standard InChI is InChI=1S/C19H14ClF3N4O3/c1-10-7-15(19(21,22)23)26-27(10)12-4-3-11(14(8-12)28-2)9-30-17-16-13(5-6-29-16)24-18(20)25-17/h3-8H,9H2,1-2H3. The number of aryl methyl sites for hydroxylation is 1. The molecule has 3 heterocycles. The Morgan fingerprint density at radius 2 is 1.97 bits per heavy atom. The summed E-state index contributed by atoms with van der Waals surface area (Å²) in [6, 6.07) is 7.49. The summed E-state index contributed by atoms with van der Waals surface area (Å²) in [5.41, 5.74) is 1.28. The van der Waals surface area contributed by atoms with Crippen LogP contribution in [-0.2, 0) is 12.8 Å². The van der Waals surface area contributed by atoms with Gasteiger partial charge in [-0.25, -0.2) is 9.67 Å². The van der Waals surface area contributed by atoms with Crippen LogP contribution in [0.4, 0.5) is 13.2 Å². The first kappa shape index (κ1) is 20.0. The minimum absolute atomic E-state index is 0.0100. The van der Waals surface area contributed by atoms with Gasteiger partial charge in [-0.2, -0.15) is 23.3 Å². The van der Waals surface area contributed by atoms with Crippen molar-refractivity contribution in [2.24, 2.45) is 0 Å². The molecule has 0 atom stereocenters. The first-order valence-electron chi connectivity index (χ1n) is 8.61. The molecule has 0 aliphatic carbocycles. The summed E-state index contributed by atoms with van der Waals surface area (Å²) < 4.78 is 56.5. The van der Waals surface area contributed by atoms with Crippen molar-refractivity contribution in [3.8, 4) is 17.3 Å². The lowest BCUT2D eigenvalue weighted by atomic mass is 10.2. The van der Waals surface area contributed by atoms with Crippen LogP contribution >= 0.6 is 11.6 Å². The summed E-state index contributed by atoms with van der Waals surface area (Å²) in [5, 5.41) is 3.66. The van der Waals surface area contributed by atoms with Gasteiger partial charge in [-0.15, -0.1) is 0 Å². The molecule has 156 valence electrons. The van der Waals surface area contributed by atoms with E-state index >= 15 is 0 Å². The number of hydrogen-bond acceptors (Lipinski definition) is 6. The number of halogens is 4. The predicted octanol–water partition coefficient (Wildman–Crippen LogP) is 4.98. The molecular formula is C19H14ClF3N4O3. The number of fused-ring (bicyclic) bond motifs is 1. The average molecular weight is 439 g/mol. The van der Waals surface area contributed by atoms with Gasteiger partial charge in [-0.3, -0.25) is 0 Å². The van der Waals surface area contributed by atoms with Gasteiger partial charge < -0.3 is 13.9 Å². The molecule has 0 unspecified atom stereocenters. The summed E-state index contributed by atoms with van der Waals surface area (Å²) in [6.45, 7) is 1.59. The van der Waals surface area contributed by atoms with Crippen LogP contribution in [0.2, 0.25) is 5.28 Å². The Kier molecular flexibility index (Phi) is 5.02. The fourth-order valence-corrected chi connectivity index (χ4v) is 3.08. The third-order valence-electron chi connectivity index (χ3n) is 4.30.